The molecule has 0 saturated heterocycles. The van der Waals surface area contributed by atoms with E-state index >= 15 is 0 Å². The van der Waals surface area contributed by atoms with Crippen molar-refractivity contribution in [1.82, 2.24) is 15.0 Å². The Balaban J connectivity index is 1.67. The van der Waals surface area contributed by atoms with Gasteiger partial charge in [0.05, 0.1) is 23.3 Å². The largest absolute Gasteiger partial charge is 0.477 e. The first-order valence-electron chi connectivity index (χ1n) is 13.1. The van der Waals surface area contributed by atoms with E-state index in [1.807, 2.05) is 44.9 Å². The summed E-state index contributed by atoms with van der Waals surface area (Å²) in [4.78, 5) is 26.6. The van der Waals surface area contributed by atoms with Gasteiger partial charge in [-0.2, -0.15) is 11.8 Å². The highest BCUT2D eigenvalue weighted by Gasteiger charge is 2.40. The molecule has 3 atom stereocenters. The Bertz CT molecular complexity index is 1280. The van der Waals surface area contributed by atoms with E-state index in [0.29, 0.717) is 40.9 Å². The van der Waals surface area contributed by atoms with Crippen LogP contribution in [0.2, 0.25) is 0 Å². The summed E-state index contributed by atoms with van der Waals surface area (Å²) >= 11 is 1.83. The van der Waals surface area contributed by atoms with Gasteiger partial charge in [0, 0.05) is 23.6 Å². The number of nitrogens with zero attached hydrogens (tertiary/aromatic N) is 3. The lowest BCUT2D eigenvalue weighted by Crippen LogP contribution is -2.39. The van der Waals surface area contributed by atoms with Crippen LogP contribution in [0, 0.1) is 0 Å². The SMILES string of the molecule is CCCC(C)c1cnc(OCCC(C)SC)c2cnc(Nc3ccc4c(n3)C(C)C(C)(C)OC4=O)cc12. The summed E-state index contributed by atoms with van der Waals surface area (Å²) in [6.45, 7) is 13.1. The van der Waals surface area contributed by atoms with Crippen LogP contribution in [0.1, 0.15) is 94.3 Å². The van der Waals surface area contributed by atoms with Crippen LogP contribution >= 0.6 is 11.8 Å². The number of thioether (sulfide) groups is 1. The van der Waals surface area contributed by atoms with Crippen LogP contribution in [-0.4, -0.2) is 44.6 Å². The molecule has 0 radical (unpaired) electrons. The fourth-order valence-corrected chi connectivity index (χ4v) is 4.96. The summed E-state index contributed by atoms with van der Waals surface area (Å²) in [5.74, 6) is 1.94. The number of rotatable bonds is 10. The maximum atomic E-state index is 12.5. The monoisotopic (exact) mass is 522 g/mol. The number of fused-ring (bicyclic) bond motifs is 2. The Hall–Kier alpha value is -2.87. The van der Waals surface area contributed by atoms with Crippen molar-refractivity contribution in [3.63, 3.8) is 0 Å². The minimum absolute atomic E-state index is 0.0346. The number of carbonyl (C=O) groups is 1. The lowest BCUT2D eigenvalue weighted by atomic mass is 9.84. The Labute approximate surface area is 224 Å². The van der Waals surface area contributed by atoms with Crippen molar-refractivity contribution in [2.75, 3.05) is 18.2 Å². The molecule has 0 bridgehead atoms. The van der Waals surface area contributed by atoms with Gasteiger partial charge in [0.15, 0.2) is 0 Å². The second-order valence-electron chi connectivity index (χ2n) is 10.5. The van der Waals surface area contributed by atoms with Gasteiger partial charge in [-0.05, 0) is 68.0 Å². The second kappa shape index (κ2) is 11.3. The van der Waals surface area contributed by atoms with Gasteiger partial charge in [0.25, 0.3) is 0 Å². The molecule has 0 spiro atoms. The van der Waals surface area contributed by atoms with Crippen molar-refractivity contribution in [2.24, 2.45) is 0 Å². The second-order valence-corrected chi connectivity index (χ2v) is 11.8. The van der Waals surface area contributed by atoms with E-state index < -0.39 is 5.60 Å². The lowest BCUT2D eigenvalue weighted by molar-refractivity contribution is -0.0189. The molecule has 3 unspecified atom stereocenters. The third-order valence-corrected chi connectivity index (χ3v) is 8.43. The molecule has 0 aliphatic carbocycles. The van der Waals surface area contributed by atoms with E-state index in [-0.39, 0.29) is 11.9 Å². The highest BCUT2D eigenvalue weighted by molar-refractivity contribution is 7.99. The number of hydrogen-bond donors (Lipinski definition) is 1. The normalized spacial score (nSPS) is 18.1. The summed E-state index contributed by atoms with van der Waals surface area (Å²) in [6, 6.07) is 5.63. The maximum Gasteiger partial charge on any atom is 0.340 e. The maximum absolute atomic E-state index is 12.5. The van der Waals surface area contributed by atoms with Crippen molar-refractivity contribution in [2.45, 2.75) is 83.5 Å². The van der Waals surface area contributed by atoms with E-state index in [1.165, 1.54) is 5.56 Å². The smallest absolute Gasteiger partial charge is 0.340 e. The van der Waals surface area contributed by atoms with Gasteiger partial charge >= 0.3 is 5.97 Å². The Morgan fingerprint density at radius 3 is 2.65 bits per heavy atom. The van der Waals surface area contributed by atoms with Gasteiger partial charge in [-0.1, -0.05) is 34.1 Å². The molecule has 0 amide bonds. The fraction of sp³-hybridized carbons (Fsp3) is 0.517. The molecule has 0 aromatic carbocycles. The molecule has 3 aromatic heterocycles. The van der Waals surface area contributed by atoms with Gasteiger partial charge in [-0.15, -0.1) is 0 Å². The molecule has 4 rings (SSSR count). The van der Waals surface area contributed by atoms with Crippen LogP contribution in [0.3, 0.4) is 0 Å². The molecule has 0 saturated carbocycles. The van der Waals surface area contributed by atoms with Crippen LogP contribution in [0.25, 0.3) is 10.8 Å². The average molecular weight is 523 g/mol. The van der Waals surface area contributed by atoms with E-state index in [0.717, 1.165) is 35.7 Å². The van der Waals surface area contributed by atoms with Crippen LogP contribution < -0.4 is 10.1 Å². The average Bonchev–Trinajstić information content (AvgIpc) is 2.87. The Morgan fingerprint density at radius 2 is 1.92 bits per heavy atom. The molecule has 1 aliphatic heterocycles. The summed E-state index contributed by atoms with van der Waals surface area (Å²) in [6.07, 6.45) is 9.03. The molecule has 3 aromatic rings. The van der Waals surface area contributed by atoms with Gasteiger partial charge in [0.1, 0.15) is 17.2 Å². The fourth-order valence-electron chi connectivity index (χ4n) is 4.63. The quantitative estimate of drug-likeness (QED) is 0.279. The van der Waals surface area contributed by atoms with Crippen molar-refractivity contribution in [1.29, 1.82) is 0 Å². The van der Waals surface area contributed by atoms with Crippen molar-refractivity contribution < 1.29 is 14.3 Å². The van der Waals surface area contributed by atoms with Gasteiger partial charge in [-0.3, -0.25) is 0 Å². The first kappa shape index (κ1) is 27.2. The van der Waals surface area contributed by atoms with Crippen molar-refractivity contribution >= 4 is 40.1 Å². The van der Waals surface area contributed by atoms with E-state index in [4.69, 9.17) is 14.5 Å². The number of aromatic nitrogens is 3. The van der Waals surface area contributed by atoms with E-state index in [9.17, 15) is 4.79 Å². The van der Waals surface area contributed by atoms with Crippen molar-refractivity contribution in [3.05, 3.63) is 47.4 Å². The summed E-state index contributed by atoms with van der Waals surface area (Å²) < 4.78 is 11.7. The summed E-state index contributed by atoms with van der Waals surface area (Å²) in [7, 11) is 0. The van der Waals surface area contributed by atoms with Gasteiger partial charge in [-0.25, -0.2) is 19.7 Å². The summed E-state index contributed by atoms with van der Waals surface area (Å²) in [5, 5.41) is 5.88. The predicted octanol–water partition coefficient (Wildman–Crippen LogP) is 7.24. The highest BCUT2D eigenvalue weighted by Crippen LogP contribution is 2.38. The number of pyridine rings is 3. The number of ether oxygens (including phenoxy) is 2. The van der Waals surface area contributed by atoms with Crippen molar-refractivity contribution in [3.8, 4) is 5.88 Å². The zero-order valence-corrected chi connectivity index (χ0v) is 23.7. The molecule has 37 heavy (non-hydrogen) atoms. The first-order chi connectivity index (χ1) is 17.6. The highest BCUT2D eigenvalue weighted by atomic mass is 32.2. The van der Waals surface area contributed by atoms with Crippen LogP contribution in [0.15, 0.2) is 30.6 Å². The number of nitrogens with one attached hydrogen (secondary N) is 1. The molecule has 198 valence electrons. The number of carbonyl (C=O) groups excluding carboxylic acids is 1. The topological polar surface area (TPSA) is 86.2 Å². The van der Waals surface area contributed by atoms with E-state index in [2.05, 4.69) is 48.4 Å². The van der Waals surface area contributed by atoms with E-state index in [1.54, 1.807) is 12.1 Å². The summed E-state index contributed by atoms with van der Waals surface area (Å²) in [5.41, 5.74) is 1.83. The van der Waals surface area contributed by atoms with Crippen LogP contribution in [0.4, 0.5) is 11.6 Å². The molecule has 0 fully saturated rings. The first-order valence-corrected chi connectivity index (χ1v) is 14.4. The minimum atomic E-state index is -0.613. The molecule has 4 heterocycles. The molecular weight excluding hydrogens is 484 g/mol. The zero-order valence-electron chi connectivity index (χ0n) is 22.9. The van der Waals surface area contributed by atoms with Crippen LogP contribution in [0.5, 0.6) is 5.88 Å². The predicted molar refractivity (Wildman–Crippen MR) is 151 cm³/mol. The number of cyclic esters (lactones) is 1. The van der Waals surface area contributed by atoms with Gasteiger partial charge in [0.2, 0.25) is 5.88 Å². The standard InChI is InChI=1S/C29H38N4O3S/c1-8-9-17(2)22-15-31-27(35-13-12-18(3)37-7)23-16-30-25(14-21(22)23)32-24-11-10-20-26(33-24)19(4)29(5,6)36-28(20)34/h10-11,14-19H,8-9,12-13H2,1-7H3,(H,30,32,33). The lowest BCUT2D eigenvalue weighted by Gasteiger charge is -2.36. The number of anilines is 2. The molecule has 1 aliphatic rings. The Morgan fingerprint density at radius 1 is 1.14 bits per heavy atom. The zero-order chi connectivity index (χ0) is 26.7. The third kappa shape index (κ3) is 5.84. The molecular formula is C29H38N4O3S. The molecule has 8 heteroatoms. The van der Waals surface area contributed by atoms with Gasteiger partial charge < -0.3 is 14.8 Å². The molecule has 1 N–H and O–H groups in total. The third-order valence-electron chi connectivity index (χ3n) is 7.39. The van der Waals surface area contributed by atoms with Crippen LogP contribution in [-0.2, 0) is 4.74 Å². The molecule has 7 nitrogen and oxygen atoms in total. The number of esters is 1. The Kier molecular flexibility index (Phi) is 8.26. The number of hydrogen-bond acceptors (Lipinski definition) is 8. The minimum Gasteiger partial charge on any atom is -0.477 e.